The largest absolute Gasteiger partial charge is 0.450 e. The average Bonchev–Trinajstić information content (AvgIpc) is 2.22. The van der Waals surface area contributed by atoms with E-state index < -0.39 is 0 Å². The molecule has 0 aliphatic heterocycles. The van der Waals surface area contributed by atoms with E-state index in [0.29, 0.717) is 6.61 Å². The number of carbonyl (C=O) groups excluding carboxylic acids is 1. The molecule has 1 aliphatic carbocycles. The van der Waals surface area contributed by atoms with Gasteiger partial charge in [0.15, 0.2) is 0 Å². The molecule has 3 heteroatoms. The van der Waals surface area contributed by atoms with Gasteiger partial charge >= 0.3 is 6.09 Å². The van der Waals surface area contributed by atoms with Gasteiger partial charge in [-0.25, -0.2) is 4.79 Å². The fourth-order valence-corrected chi connectivity index (χ4v) is 1.89. The summed E-state index contributed by atoms with van der Waals surface area (Å²) in [7, 11) is 0. The van der Waals surface area contributed by atoms with Crippen LogP contribution in [0.3, 0.4) is 0 Å². The fourth-order valence-electron chi connectivity index (χ4n) is 1.89. The number of nitrogens with one attached hydrogen (secondary N) is 1. The van der Waals surface area contributed by atoms with E-state index in [1.807, 2.05) is 13.0 Å². The smallest absolute Gasteiger partial charge is 0.407 e. The molecule has 0 bridgehead atoms. The summed E-state index contributed by atoms with van der Waals surface area (Å²) < 4.78 is 5.12. The Kier molecular flexibility index (Phi) is 5.36. The highest BCUT2D eigenvalue weighted by atomic mass is 16.5. The molecule has 0 aromatic rings. The predicted octanol–water partition coefficient (Wildman–Crippen LogP) is 3.40. The Morgan fingerprint density at radius 3 is 2.75 bits per heavy atom. The Bertz CT molecular complexity index is 244. The molecule has 1 amide bonds. The molecular weight excluding hydrogens is 202 g/mol. The van der Waals surface area contributed by atoms with Crippen LogP contribution in [0.4, 0.5) is 4.79 Å². The maximum absolute atomic E-state index is 11.5. The third-order valence-corrected chi connectivity index (χ3v) is 3.15. The predicted molar refractivity (Wildman–Crippen MR) is 65.4 cm³/mol. The van der Waals surface area contributed by atoms with Gasteiger partial charge in [0.05, 0.1) is 6.61 Å². The first kappa shape index (κ1) is 13.1. The molecule has 1 N–H and O–H groups in total. The van der Waals surface area contributed by atoms with Gasteiger partial charge in [-0.05, 0) is 39.0 Å². The zero-order valence-electron chi connectivity index (χ0n) is 10.4. The number of hydrogen-bond acceptors (Lipinski definition) is 2. The summed E-state index contributed by atoms with van der Waals surface area (Å²) in [5.74, 6) is 0. The van der Waals surface area contributed by atoms with E-state index in [9.17, 15) is 4.79 Å². The molecule has 1 saturated carbocycles. The molecule has 0 atom stereocenters. The molecule has 0 saturated heterocycles. The number of rotatable bonds is 6. The molecule has 1 rings (SSSR count). The van der Waals surface area contributed by atoms with Crippen molar-refractivity contribution in [3.8, 4) is 0 Å². The minimum absolute atomic E-state index is 0.0180. The number of ether oxygens (including phenoxy) is 1. The average molecular weight is 225 g/mol. The number of carbonyl (C=O) groups is 1. The lowest BCUT2D eigenvalue weighted by Crippen LogP contribution is -2.53. The lowest BCUT2D eigenvalue weighted by Gasteiger charge is -2.41. The van der Waals surface area contributed by atoms with Crippen LogP contribution in [0.15, 0.2) is 12.2 Å². The van der Waals surface area contributed by atoms with Crippen molar-refractivity contribution in [1.29, 1.82) is 0 Å². The van der Waals surface area contributed by atoms with Crippen LogP contribution in [-0.4, -0.2) is 18.2 Å². The molecule has 0 aromatic carbocycles. The number of alkyl carbamates (subject to hydrolysis) is 1. The third-order valence-electron chi connectivity index (χ3n) is 3.15. The van der Waals surface area contributed by atoms with Crippen molar-refractivity contribution in [1.82, 2.24) is 5.32 Å². The van der Waals surface area contributed by atoms with Crippen LogP contribution >= 0.6 is 0 Å². The maximum Gasteiger partial charge on any atom is 0.407 e. The van der Waals surface area contributed by atoms with Crippen LogP contribution in [0.2, 0.25) is 0 Å². The molecule has 0 radical (unpaired) electrons. The molecule has 92 valence electrons. The van der Waals surface area contributed by atoms with E-state index >= 15 is 0 Å². The summed E-state index contributed by atoms with van der Waals surface area (Å²) in [5.41, 5.74) is -0.0180. The molecule has 0 spiro atoms. The summed E-state index contributed by atoms with van der Waals surface area (Å²) in [6.45, 7) is 4.62. The van der Waals surface area contributed by atoms with Crippen molar-refractivity contribution in [2.24, 2.45) is 0 Å². The van der Waals surface area contributed by atoms with E-state index in [2.05, 4.69) is 18.3 Å². The molecule has 0 aromatic heterocycles. The number of amides is 1. The maximum atomic E-state index is 11.5. The van der Waals surface area contributed by atoms with Gasteiger partial charge in [-0.15, -0.1) is 0 Å². The lowest BCUT2D eigenvalue weighted by molar-refractivity contribution is 0.111. The molecular formula is C13H23NO2. The first-order chi connectivity index (χ1) is 7.72. The van der Waals surface area contributed by atoms with Crippen LogP contribution in [0.5, 0.6) is 0 Å². The summed E-state index contributed by atoms with van der Waals surface area (Å²) in [6, 6.07) is 0. The van der Waals surface area contributed by atoms with Crippen LogP contribution in [0.1, 0.15) is 52.4 Å². The van der Waals surface area contributed by atoms with Crippen LogP contribution in [-0.2, 0) is 4.74 Å². The van der Waals surface area contributed by atoms with Gasteiger partial charge in [-0.1, -0.05) is 25.5 Å². The molecule has 16 heavy (non-hydrogen) atoms. The van der Waals surface area contributed by atoms with Crippen molar-refractivity contribution >= 4 is 6.09 Å². The molecule has 1 aliphatic rings. The summed E-state index contributed by atoms with van der Waals surface area (Å²) in [5, 5.41) is 3.01. The first-order valence-corrected chi connectivity index (χ1v) is 6.28. The van der Waals surface area contributed by atoms with E-state index in [1.54, 1.807) is 0 Å². The Morgan fingerprint density at radius 1 is 1.50 bits per heavy atom. The number of allylic oxidation sites excluding steroid dienone is 1. The fraction of sp³-hybridized carbons (Fsp3) is 0.769. The lowest BCUT2D eigenvalue weighted by atomic mass is 9.74. The van der Waals surface area contributed by atoms with E-state index in [4.69, 9.17) is 4.74 Å². The minimum Gasteiger partial charge on any atom is -0.450 e. The van der Waals surface area contributed by atoms with E-state index in [1.165, 1.54) is 6.42 Å². The van der Waals surface area contributed by atoms with Gasteiger partial charge in [0, 0.05) is 5.54 Å². The Labute approximate surface area is 98.2 Å². The van der Waals surface area contributed by atoms with Crippen molar-refractivity contribution in [2.75, 3.05) is 6.61 Å². The molecule has 1 fully saturated rings. The van der Waals surface area contributed by atoms with Gasteiger partial charge in [-0.3, -0.25) is 0 Å². The second kappa shape index (κ2) is 6.56. The second-order valence-electron chi connectivity index (χ2n) is 4.52. The topological polar surface area (TPSA) is 38.3 Å². The highest BCUT2D eigenvalue weighted by molar-refractivity contribution is 5.68. The van der Waals surface area contributed by atoms with Crippen molar-refractivity contribution in [3.05, 3.63) is 12.2 Å². The molecule has 0 unspecified atom stereocenters. The third kappa shape index (κ3) is 3.87. The van der Waals surface area contributed by atoms with Crippen LogP contribution in [0, 0.1) is 0 Å². The van der Waals surface area contributed by atoms with Gasteiger partial charge in [-0.2, -0.15) is 0 Å². The second-order valence-corrected chi connectivity index (χ2v) is 4.52. The summed E-state index contributed by atoms with van der Waals surface area (Å²) in [4.78, 5) is 11.5. The summed E-state index contributed by atoms with van der Waals surface area (Å²) in [6.07, 6.45) is 10.2. The quantitative estimate of drug-likeness (QED) is 0.555. The minimum atomic E-state index is -0.252. The van der Waals surface area contributed by atoms with Crippen molar-refractivity contribution < 1.29 is 9.53 Å². The molecule has 0 heterocycles. The van der Waals surface area contributed by atoms with Gasteiger partial charge < -0.3 is 10.1 Å². The van der Waals surface area contributed by atoms with Crippen LogP contribution < -0.4 is 5.32 Å². The van der Waals surface area contributed by atoms with Gasteiger partial charge in [0.1, 0.15) is 0 Å². The monoisotopic (exact) mass is 225 g/mol. The standard InChI is InChI=1S/C13H23NO2/c1-3-5-8-13(9-7-10-13)14-12(15)16-11-6-4-2/h3,5H,4,6-11H2,1-2H3,(H,14,15)/b5-3+. The highest BCUT2D eigenvalue weighted by Gasteiger charge is 2.37. The van der Waals surface area contributed by atoms with E-state index in [-0.39, 0.29) is 11.6 Å². The zero-order chi connectivity index (χ0) is 11.9. The van der Waals surface area contributed by atoms with Crippen molar-refractivity contribution in [2.45, 2.75) is 57.9 Å². The number of hydrogen-bond donors (Lipinski definition) is 1. The summed E-state index contributed by atoms with van der Waals surface area (Å²) >= 11 is 0. The number of unbranched alkanes of at least 4 members (excludes halogenated alkanes) is 1. The van der Waals surface area contributed by atoms with Gasteiger partial charge in [0.25, 0.3) is 0 Å². The first-order valence-electron chi connectivity index (χ1n) is 6.28. The van der Waals surface area contributed by atoms with E-state index in [0.717, 1.165) is 32.1 Å². The molecule has 3 nitrogen and oxygen atoms in total. The Hall–Kier alpha value is -0.990. The zero-order valence-corrected chi connectivity index (χ0v) is 10.4. The van der Waals surface area contributed by atoms with Crippen LogP contribution in [0.25, 0.3) is 0 Å². The normalized spacial score (nSPS) is 18.1. The Morgan fingerprint density at radius 2 is 2.25 bits per heavy atom. The van der Waals surface area contributed by atoms with Gasteiger partial charge in [0.2, 0.25) is 0 Å². The highest BCUT2D eigenvalue weighted by Crippen LogP contribution is 2.35. The Balaban J connectivity index is 2.29. The SMILES string of the molecule is C/C=C/CC1(NC(=O)OCCCC)CCC1. The van der Waals surface area contributed by atoms with Crippen molar-refractivity contribution in [3.63, 3.8) is 0 Å².